The fraction of sp³-hybridized carbons (Fsp3) is 0.412. The summed E-state index contributed by atoms with van der Waals surface area (Å²) in [6, 6.07) is 0. The summed E-state index contributed by atoms with van der Waals surface area (Å²) in [5.74, 6) is 10.6. The van der Waals surface area contributed by atoms with Gasteiger partial charge in [-0.05, 0) is 56.6 Å². The smallest absolute Gasteiger partial charge is 0.134 e. The van der Waals surface area contributed by atoms with Gasteiger partial charge in [-0.15, -0.1) is 6.58 Å². The molecular weight excluding hydrogens is 220 g/mol. The van der Waals surface area contributed by atoms with Gasteiger partial charge >= 0.3 is 0 Å². The van der Waals surface area contributed by atoms with Gasteiger partial charge in [-0.2, -0.15) is 0 Å². The van der Waals surface area contributed by atoms with Gasteiger partial charge in [0.25, 0.3) is 0 Å². The average molecular weight is 242 g/mol. The monoisotopic (exact) mass is 242 g/mol. The summed E-state index contributed by atoms with van der Waals surface area (Å²) in [7, 11) is 0. The molecule has 0 fully saturated rings. The molecule has 1 heteroatoms. The minimum absolute atomic E-state index is 0.710. The van der Waals surface area contributed by atoms with Crippen LogP contribution in [0.3, 0.4) is 0 Å². The van der Waals surface area contributed by atoms with Gasteiger partial charge < -0.3 is 5.11 Å². The normalized spacial score (nSPS) is 11.7. The van der Waals surface area contributed by atoms with E-state index in [0.29, 0.717) is 0 Å². The molecule has 0 bridgehead atoms. The highest BCUT2D eigenvalue weighted by atomic mass is 16.3. The third kappa shape index (κ3) is 12.4. The van der Waals surface area contributed by atoms with E-state index in [1.165, 1.54) is 12.8 Å². The Morgan fingerprint density at radius 2 is 1.94 bits per heavy atom. The maximum absolute atomic E-state index is 9.49. The minimum Gasteiger partial charge on any atom is -0.377 e. The molecule has 0 aliphatic heterocycles. The second-order valence-electron chi connectivity index (χ2n) is 3.84. The highest BCUT2D eigenvalue weighted by molar-refractivity contribution is 5.32. The topological polar surface area (TPSA) is 20.2 Å². The Kier molecular flexibility index (Phi) is 12.1. The molecule has 0 amide bonds. The average Bonchev–Trinajstić information content (AvgIpc) is 2.37. The summed E-state index contributed by atoms with van der Waals surface area (Å²) in [5.41, 5.74) is 0. The zero-order valence-electron chi connectivity index (χ0n) is 11.2. The summed E-state index contributed by atoms with van der Waals surface area (Å²) >= 11 is 0. The fourth-order valence-electron chi connectivity index (χ4n) is 1.27. The van der Waals surface area contributed by atoms with E-state index in [1.807, 2.05) is 25.2 Å². The summed E-state index contributed by atoms with van der Waals surface area (Å²) in [6.07, 6.45) is 14.1. The predicted octanol–water partition coefficient (Wildman–Crippen LogP) is 3.62. The largest absolute Gasteiger partial charge is 0.377 e. The van der Waals surface area contributed by atoms with E-state index >= 15 is 0 Å². The molecule has 0 aliphatic rings. The van der Waals surface area contributed by atoms with E-state index in [1.54, 1.807) is 12.2 Å². The summed E-state index contributed by atoms with van der Waals surface area (Å²) in [4.78, 5) is 0. The molecule has 1 N–H and O–H groups in total. The maximum atomic E-state index is 9.49. The molecule has 1 atom stereocenters. The van der Waals surface area contributed by atoms with Gasteiger partial charge in [0.15, 0.2) is 0 Å². The van der Waals surface area contributed by atoms with Crippen LogP contribution in [0.1, 0.15) is 39.0 Å². The van der Waals surface area contributed by atoms with Gasteiger partial charge in [0.05, 0.1) is 0 Å². The van der Waals surface area contributed by atoms with Crippen molar-refractivity contribution < 1.29 is 5.11 Å². The van der Waals surface area contributed by atoms with Crippen molar-refractivity contribution in [3.8, 4) is 23.7 Å². The molecule has 0 aliphatic carbocycles. The zero-order valence-corrected chi connectivity index (χ0v) is 11.2. The molecule has 0 saturated carbocycles. The Hall–Kier alpha value is -1.70. The molecule has 0 unspecified atom stereocenters. The van der Waals surface area contributed by atoms with Gasteiger partial charge in [-0.3, -0.25) is 0 Å². The number of allylic oxidation sites excluding steroid dienone is 4. The standard InChI is InChI=1S/C17H22O/c1-3-5-7-9-10-12-14-16-17(18)15-13-11-8-6-4-2/h3-4,6,14,16-18H,1,5,7,9-10,12H2,2H3/b6-4-,16-14-/t17-/m1/s1. The number of rotatable bonds is 7. The van der Waals surface area contributed by atoms with Gasteiger partial charge in [0, 0.05) is 0 Å². The molecule has 0 rings (SSSR count). The Morgan fingerprint density at radius 1 is 1.17 bits per heavy atom. The minimum atomic E-state index is -0.710. The second-order valence-corrected chi connectivity index (χ2v) is 3.84. The number of aliphatic hydroxyl groups excluding tert-OH is 1. The Labute approximate surface area is 111 Å². The van der Waals surface area contributed by atoms with Crippen LogP contribution in [0.4, 0.5) is 0 Å². The molecule has 0 heterocycles. The third-order valence-corrected chi connectivity index (χ3v) is 2.20. The van der Waals surface area contributed by atoms with Crippen LogP contribution in [0.25, 0.3) is 0 Å². The van der Waals surface area contributed by atoms with Crippen LogP contribution in [0.2, 0.25) is 0 Å². The summed E-state index contributed by atoms with van der Waals surface area (Å²) in [5, 5.41) is 9.49. The lowest BCUT2D eigenvalue weighted by Gasteiger charge is -1.95. The van der Waals surface area contributed by atoms with Crippen molar-refractivity contribution in [3.05, 3.63) is 37.0 Å². The SMILES string of the molecule is C=CCCCCC/C=C\[C@H](O)C#CC#C/C=C\C. The van der Waals surface area contributed by atoms with E-state index in [9.17, 15) is 5.11 Å². The fourth-order valence-corrected chi connectivity index (χ4v) is 1.27. The van der Waals surface area contributed by atoms with Crippen LogP contribution in [-0.4, -0.2) is 11.2 Å². The van der Waals surface area contributed by atoms with Crippen molar-refractivity contribution in [2.24, 2.45) is 0 Å². The van der Waals surface area contributed by atoms with Crippen molar-refractivity contribution in [3.63, 3.8) is 0 Å². The van der Waals surface area contributed by atoms with Crippen molar-refractivity contribution in [1.82, 2.24) is 0 Å². The van der Waals surface area contributed by atoms with E-state index in [2.05, 4.69) is 30.3 Å². The first-order valence-electron chi connectivity index (χ1n) is 6.39. The summed E-state index contributed by atoms with van der Waals surface area (Å²) in [6.45, 7) is 5.59. The van der Waals surface area contributed by atoms with Gasteiger partial charge in [0.1, 0.15) is 6.10 Å². The van der Waals surface area contributed by atoms with Crippen molar-refractivity contribution in [2.75, 3.05) is 0 Å². The quantitative estimate of drug-likeness (QED) is 0.411. The number of unbranched alkanes of at least 4 members (excludes halogenated alkanes) is 4. The van der Waals surface area contributed by atoms with Crippen LogP contribution in [-0.2, 0) is 0 Å². The third-order valence-electron chi connectivity index (χ3n) is 2.20. The number of hydrogen-bond donors (Lipinski definition) is 1. The molecule has 18 heavy (non-hydrogen) atoms. The first kappa shape index (κ1) is 16.3. The second kappa shape index (κ2) is 13.4. The van der Waals surface area contributed by atoms with E-state index in [-0.39, 0.29) is 0 Å². The van der Waals surface area contributed by atoms with Crippen LogP contribution in [0.5, 0.6) is 0 Å². The predicted molar refractivity (Wildman–Crippen MR) is 78.8 cm³/mol. The van der Waals surface area contributed by atoms with Gasteiger partial charge in [-0.1, -0.05) is 36.5 Å². The maximum Gasteiger partial charge on any atom is 0.134 e. The Morgan fingerprint density at radius 3 is 2.67 bits per heavy atom. The lowest BCUT2D eigenvalue weighted by atomic mass is 10.1. The van der Waals surface area contributed by atoms with Crippen molar-refractivity contribution in [2.45, 2.75) is 45.1 Å². The molecule has 0 aromatic carbocycles. The van der Waals surface area contributed by atoms with Crippen LogP contribution >= 0.6 is 0 Å². The molecule has 0 saturated heterocycles. The first-order chi connectivity index (χ1) is 8.81. The van der Waals surface area contributed by atoms with Crippen LogP contribution in [0.15, 0.2) is 37.0 Å². The van der Waals surface area contributed by atoms with Crippen molar-refractivity contribution >= 4 is 0 Å². The molecule has 96 valence electrons. The van der Waals surface area contributed by atoms with Gasteiger partial charge in [-0.25, -0.2) is 0 Å². The van der Waals surface area contributed by atoms with Gasteiger partial charge in [0.2, 0.25) is 0 Å². The van der Waals surface area contributed by atoms with Crippen LogP contribution < -0.4 is 0 Å². The number of hydrogen-bond acceptors (Lipinski definition) is 1. The zero-order chi connectivity index (χ0) is 13.5. The highest BCUT2D eigenvalue weighted by Crippen LogP contribution is 2.04. The molecule has 0 aromatic heterocycles. The van der Waals surface area contributed by atoms with E-state index in [4.69, 9.17) is 0 Å². The van der Waals surface area contributed by atoms with E-state index in [0.717, 1.165) is 19.3 Å². The lowest BCUT2D eigenvalue weighted by Crippen LogP contribution is -1.96. The molecule has 0 aromatic rings. The lowest BCUT2D eigenvalue weighted by molar-refractivity contribution is 0.280. The highest BCUT2D eigenvalue weighted by Gasteiger charge is 1.90. The molecule has 1 nitrogen and oxygen atoms in total. The number of aliphatic hydroxyl groups is 1. The summed E-state index contributed by atoms with van der Waals surface area (Å²) < 4.78 is 0. The van der Waals surface area contributed by atoms with Crippen molar-refractivity contribution in [1.29, 1.82) is 0 Å². The first-order valence-corrected chi connectivity index (χ1v) is 6.39. The molecule has 0 radical (unpaired) electrons. The van der Waals surface area contributed by atoms with Crippen LogP contribution in [0, 0.1) is 23.7 Å². The van der Waals surface area contributed by atoms with E-state index < -0.39 is 6.10 Å². The Balaban J connectivity index is 3.71. The molecular formula is C17H22O. The molecule has 0 spiro atoms. The Bertz CT molecular complexity index is 379.